The number of rotatable bonds is 3. The standard InChI is InChI=1S/C17H31NO2/c1-12(2)15-10-9-13(3)11-16(15)20-17(19)18-14-7-5-4-6-8-14/h12-16H,4-11H2,1-3H3,(H,18,19)/t13-,15+,16-/m0/s1. The van der Waals surface area contributed by atoms with E-state index in [2.05, 4.69) is 26.1 Å². The lowest BCUT2D eigenvalue weighted by atomic mass is 9.75. The lowest BCUT2D eigenvalue weighted by Crippen LogP contribution is -2.42. The smallest absolute Gasteiger partial charge is 0.407 e. The van der Waals surface area contributed by atoms with Crippen molar-refractivity contribution < 1.29 is 9.53 Å². The topological polar surface area (TPSA) is 38.3 Å². The Hall–Kier alpha value is -0.730. The van der Waals surface area contributed by atoms with Gasteiger partial charge in [0.05, 0.1) is 0 Å². The van der Waals surface area contributed by atoms with Crippen molar-refractivity contribution >= 4 is 6.09 Å². The van der Waals surface area contributed by atoms with E-state index in [1.54, 1.807) is 0 Å². The van der Waals surface area contributed by atoms with E-state index < -0.39 is 0 Å². The van der Waals surface area contributed by atoms with Gasteiger partial charge in [0.15, 0.2) is 0 Å². The van der Waals surface area contributed by atoms with Crippen molar-refractivity contribution in [2.75, 3.05) is 0 Å². The minimum absolute atomic E-state index is 0.113. The maximum Gasteiger partial charge on any atom is 0.407 e. The number of ether oxygens (including phenoxy) is 1. The first kappa shape index (κ1) is 15.7. The van der Waals surface area contributed by atoms with E-state index in [0.717, 1.165) is 19.3 Å². The normalized spacial score (nSPS) is 32.1. The number of carbonyl (C=O) groups excluding carboxylic acids is 1. The molecule has 0 heterocycles. The Morgan fingerprint density at radius 2 is 1.80 bits per heavy atom. The molecule has 2 aliphatic carbocycles. The summed E-state index contributed by atoms with van der Waals surface area (Å²) in [4.78, 5) is 12.1. The van der Waals surface area contributed by atoms with Crippen molar-refractivity contribution in [2.24, 2.45) is 17.8 Å². The fourth-order valence-electron chi connectivity index (χ4n) is 3.84. The van der Waals surface area contributed by atoms with Gasteiger partial charge in [-0.2, -0.15) is 0 Å². The van der Waals surface area contributed by atoms with Crippen LogP contribution in [-0.4, -0.2) is 18.2 Å². The zero-order valence-electron chi connectivity index (χ0n) is 13.4. The zero-order valence-corrected chi connectivity index (χ0v) is 13.4. The van der Waals surface area contributed by atoms with Crippen molar-refractivity contribution in [3.63, 3.8) is 0 Å². The predicted octanol–water partition coefficient (Wildman–Crippen LogP) is 4.51. The molecule has 0 saturated heterocycles. The zero-order chi connectivity index (χ0) is 14.5. The summed E-state index contributed by atoms with van der Waals surface area (Å²) in [6, 6.07) is 0.342. The van der Waals surface area contributed by atoms with Crippen LogP contribution in [0.2, 0.25) is 0 Å². The van der Waals surface area contributed by atoms with Crippen LogP contribution in [0, 0.1) is 17.8 Å². The number of hydrogen-bond donors (Lipinski definition) is 1. The highest BCUT2D eigenvalue weighted by Gasteiger charge is 2.33. The molecule has 0 unspecified atom stereocenters. The van der Waals surface area contributed by atoms with Gasteiger partial charge in [-0.15, -0.1) is 0 Å². The molecule has 2 fully saturated rings. The van der Waals surface area contributed by atoms with Crippen LogP contribution in [0.25, 0.3) is 0 Å². The Morgan fingerprint density at radius 1 is 1.10 bits per heavy atom. The number of hydrogen-bond acceptors (Lipinski definition) is 2. The summed E-state index contributed by atoms with van der Waals surface area (Å²) in [5, 5.41) is 3.08. The molecule has 0 spiro atoms. The van der Waals surface area contributed by atoms with Crippen LogP contribution in [0.1, 0.15) is 72.1 Å². The third-order valence-corrected chi connectivity index (χ3v) is 5.15. The van der Waals surface area contributed by atoms with Gasteiger partial charge in [-0.1, -0.05) is 46.5 Å². The molecule has 3 heteroatoms. The minimum atomic E-state index is -0.179. The van der Waals surface area contributed by atoms with Crippen LogP contribution in [0.15, 0.2) is 0 Å². The summed E-state index contributed by atoms with van der Waals surface area (Å²) in [5.41, 5.74) is 0. The van der Waals surface area contributed by atoms with E-state index in [1.807, 2.05) is 0 Å². The van der Waals surface area contributed by atoms with Gasteiger partial charge < -0.3 is 10.1 Å². The van der Waals surface area contributed by atoms with Crippen LogP contribution in [0.4, 0.5) is 4.79 Å². The maximum absolute atomic E-state index is 12.1. The monoisotopic (exact) mass is 281 g/mol. The van der Waals surface area contributed by atoms with E-state index in [9.17, 15) is 4.79 Å². The molecule has 0 bridgehead atoms. The van der Waals surface area contributed by atoms with Gasteiger partial charge in [0, 0.05) is 6.04 Å². The lowest BCUT2D eigenvalue weighted by Gasteiger charge is -2.37. The maximum atomic E-state index is 12.1. The van der Waals surface area contributed by atoms with Crippen LogP contribution in [-0.2, 0) is 4.74 Å². The average molecular weight is 281 g/mol. The first-order valence-corrected chi connectivity index (χ1v) is 8.53. The highest BCUT2D eigenvalue weighted by atomic mass is 16.6. The summed E-state index contributed by atoms with van der Waals surface area (Å²) in [6.07, 6.45) is 9.44. The van der Waals surface area contributed by atoms with Gasteiger partial charge in [-0.25, -0.2) is 4.79 Å². The lowest BCUT2D eigenvalue weighted by molar-refractivity contribution is 0.00447. The number of nitrogens with one attached hydrogen (secondary N) is 1. The molecule has 3 nitrogen and oxygen atoms in total. The van der Waals surface area contributed by atoms with Crippen molar-refractivity contribution in [3.05, 3.63) is 0 Å². The summed E-state index contributed by atoms with van der Waals surface area (Å²) in [5.74, 6) is 1.80. The molecule has 20 heavy (non-hydrogen) atoms. The van der Waals surface area contributed by atoms with E-state index >= 15 is 0 Å². The second kappa shape index (κ2) is 7.33. The predicted molar refractivity (Wildman–Crippen MR) is 81.6 cm³/mol. The molecule has 0 aromatic heterocycles. The molecule has 0 aromatic carbocycles. The summed E-state index contributed by atoms with van der Waals surface area (Å²) in [7, 11) is 0. The molecular weight excluding hydrogens is 250 g/mol. The van der Waals surface area contributed by atoms with Gasteiger partial charge in [0.2, 0.25) is 0 Å². The summed E-state index contributed by atoms with van der Waals surface area (Å²) < 4.78 is 5.79. The first-order valence-electron chi connectivity index (χ1n) is 8.53. The van der Waals surface area contributed by atoms with Crippen molar-refractivity contribution in [2.45, 2.75) is 84.3 Å². The van der Waals surface area contributed by atoms with Gasteiger partial charge in [-0.3, -0.25) is 0 Å². The van der Waals surface area contributed by atoms with Crippen molar-refractivity contribution in [1.82, 2.24) is 5.32 Å². The third-order valence-electron chi connectivity index (χ3n) is 5.15. The second-order valence-electron chi connectivity index (χ2n) is 7.25. The molecule has 1 N–H and O–H groups in total. The van der Waals surface area contributed by atoms with Crippen LogP contribution < -0.4 is 5.32 Å². The van der Waals surface area contributed by atoms with Gasteiger partial charge >= 0.3 is 6.09 Å². The van der Waals surface area contributed by atoms with Gasteiger partial charge in [0.1, 0.15) is 6.10 Å². The summed E-state index contributed by atoms with van der Waals surface area (Å²) >= 11 is 0. The molecular formula is C17H31NO2. The Bertz CT molecular complexity index is 310. The number of amides is 1. The van der Waals surface area contributed by atoms with Crippen LogP contribution in [0.3, 0.4) is 0 Å². The fourth-order valence-corrected chi connectivity index (χ4v) is 3.84. The Balaban J connectivity index is 1.83. The molecule has 2 saturated carbocycles. The molecule has 0 aromatic rings. The van der Waals surface area contributed by atoms with Crippen LogP contribution >= 0.6 is 0 Å². The average Bonchev–Trinajstić information content (AvgIpc) is 2.39. The molecule has 3 atom stereocenters. The highest BCUT2D eigenvalue weighted by Crippen LogP contribution is 2.35. The molecule has 0 aliphatic heterocycles. The van der Waals surface area contributed by atoms with E-state index in [1.165, 1.54) is 32.1 Å². The van der Waals surface area contributed by atoms with Gasteiger partial charge in [0.25, 0.3) is 0 Å². The highest BCUT2D eigenvalue weighted by molar-refractivity contribution is 5.67. The van der Waals surface area contributed by atoms with Crippen molar-refractivity contribution in [3.8, 4) is 0 Å². The molecule has 116 valence electrons. The van der Waals surface area contributed by atoms with E-state index in [0.29, 0.717) is 23.8 Å². The Kier molecular flexibility index (Phi) is 5.74. The quantitative estimate of drug-likeness (QED) is 0.826. The molecule has 0 radical (unpaired) electrons. The van der Waals surface area contributed by atoms with E-state index in [-0.39, 0.29) is 12.2 Å². The first-order chi connectivity index (χ1) is 9.56. The largest absolute Gasteiger partial charge is 0.446 e. The van der Waals surface area contributed by atoms with E-state index in [4.69, 9.17) is 4.74 Å². The fraction of sp³-hybridized carbons (Fsp3) is 0.941. The third kappa shape index (κ3) is 4.39. The molecule has 1 amide bonds. The van der Waals surface area contributed by atoms with Gasteiger partial charge in [-0.05, 0) is 43.4 Å². The second-order valence-corrected chi connectivity index (χ2v) is 7.25. The summed E-state index contributed by atoms with van der Waals surface area (Å²) in [6.45, 7) is 6.76. The number of carbonyl (C=O) groups is 1. The van der Waals surface area contributed by atoms with Crippen LogP contribution in [0.5, 0.6) is 0 Å². The Morgan fingerprint density at radius 3 is 2.45 bits per heavy atom. The molecule has 2 rings (SSSR count). The number of alkyl carbamates (subject to hydrolysis) is 1. The van der Waals surface area contributed by atoms with Crippen molar-refractivity contribution in [1.29, 1.82) is 0 Å². The Labute approximate surface area is 123 Å². The minimum Gasteiger partial charge on any atom is -0.446 e. The molecule has 2 aliphatic rings. The SMILES string of the molecule is CC(C)[C@H]1CC[C@H](C)C[C@@H]1OC(=O)NC1CCCCC1.